The summed E-state index contributed by atoms with van der Waals surface area (Å²) in [4.78, 5) is 2.37. The smallest absolute Gasteiger partial charge is 0.0725 e. The van der Waals surface area contributed by atoms with E-state index in [0.29, 0.717) is 0 Å². The van der Waals surface area contributed by atoms with Crippen molar-refractivity contribution in [2.75, 3.05) is 4.90 Å². The van der Waals surface area contributed by atoms with Crippen LogP contribution in [0.1, 0.15) is 22.3 Å². The number of hydrogen-bond acceptors (Lipinski definition) is 1. The van der Waals surface area contributed by atoms with Crippen molar-refractivity contribution in [3.63, 3.8) is 0 Å². The van der Waals surface area contributed by atoms with Crippen LogP contribution in [0.25, 0.3) is 83.1 Å². The molecular formula is C67H44N2. The SMILES string of the molecule is c1ccc(-c2ccc(N(c3ccccc3)c3ccc4c5cccc(-c6ccccc6)c5n(-c5ccc(-c6cccc7c6-c6ccccc6C76c7ccccc7-c7ccccc76)cc5)c4c3)cc2)cc1. The van der Waals surface area contributed by atoms with Gasteiger partial charge in [0.05, 0.1) is 16.4 Å². The van der Waals surface area contributed by atoms with Gasteiger partial charge in [0, 0.05) is 39.1 Å². The van der Waals surface area contributed by atoms with Gasteiger partial charge < -0.3 is 9.47 Å². The summed E-state index contributed by atoms with van der Waals surface area (Å²) in [5, 5.41) is 2.43. The zero-order chi connectivity index (χ0) is 45.5. The lowest BCUT2D eigenvalue weighted by atomic mass is 9.70. The molecule has 0 aliphatic heterocycles. The summed E-state index contributed by atoms with van der Waals surface area (Å²) >= 11 is 0. The molecule has 0 bridgehead atoms. The van der Waals surface area contributed by atoms with E-state index in [-0.39, 0.29) is 5.41 Å². The van der Waals surface area contributed by atoms with Crippen LogP contribution < -0.4 is 4.90 Å². The third kappa shape index (κ3) is 5.86. The number of fused-ring (bicyclic) bond motifs is 13. The van der Waals surface area contributed by atoms with E-state index in [1.165, 1.54) is 94.2 Å². The monoisotopic (exact) mass is 876 g/mol. The molecule has 0 saturated carbocycles. The Kier molecular flexibility index (Phi) is 8.84. The molecule has 1 heterocycles. The minimum Gasteiger partial charge on any atom is -0.310 e. The first-order chi connectivity index (χ1) is 34.3. The normalized spacial score (nSPS) is 12.8. The highest BCUT2D eigenvalue weighted by Gasteiger charge is 2.52. The molecule has 0 saturated heterocycles. The van der Waals surface area contributed by atoms with Gasteiger partial charge in [0.2, 0.25) is 0 Å². The van der Waals surface area contributed by atoms with E-state index in [0.717, 1.165) is 28.3 Å². The number of aromatic nitrogens is 1. The molecule has 14 rings (SSSR count). The predicted octanol–water partition coefficient (Wildman–Crippen LogP) is 17.6. The topological polar surface area (TPSA) is 8.17 Å². The third-order valence-electron chi connectivity index (χ3n) is 14.8. The van der Waals surface area contributed by atoms with Crippen LogP contribution in [0.5, 0.6) is 0 Å². The molecule has 0 radical (unpaired) electrons. The van der Waals surface area contributed by atoms with Gasteiger partial charge >= 0.3 is 0 Å². The van der Waals surface area contributed by atoms with Crippen LogP contribution in [0.4, 0.5) is 17.1 Å². The van der Waals surface area contributed by atoms with E-state index in [4.69, 9.17) is 0 Å². The minimum atomic E-state index is -0.388. The fourth-order valence-corrected chi connectivity index (χ4v) is 11.9. The Labute approximate surface area is 402 Å². The van der Waals surface area contributed by atoms with Gasteiger partial charge in [-0.05, 0) is 121 Å². The molecule has 2 aliphatic carbocycles. The van der Waals surface area contributed by atoms with Gasteiger partial charge in [-0.3, -0.25) is 0 Å². The van der Waals surface area contributed by atoms with Crippen LogP contribution in [0.3, 0.4) is 0 Å². The first kappa shape index (κ1) is 39.2. The van der Waals surface area contributed by atoms with Crippen molar-refractivity contribution in [3.8, 4) is 61.3 Å². The van der Waals surface area contributed by atoms with Crippen molar-refractivity contribution in [1.29, 1.82) is 0 Å². The maximum absolute atomic E-state index is 2.49. The first-order valence-corrected chi connectivity index (χ1v) is 23.9. The van der Waals surface area contributed by atoms with Crippen LogP contribution in [0.2, 0.25) is 0 Å². The molecule has 12 aromatic rings. The molecular weight excluding hydrogens is 833 g/mol. The number of anilines is 3. The number of benzene rings is 11. The number of nitrogens with zero attached hydrogens (tertiary/aromatic N) is 2. The lowest BCUT2D eigenvalue weighted by molar-refractivity contribution is 0.794. The zero-order valence-electron chi connectivity index (χ0n) is 37.8. The van der Waals surface area contributed by atoms with Crippen molar-refractivity contribution < 1.29 is 0 Å². The van der Waals surface area contributed by atoms with E-state index < -0.39 is 0 Å². The Morgan fingerprint density at radius 3 is 1.43 bits per heavy atom. The second-order valence-corrected chi connectivity index (χ2v) is 18.4. The highest BCUT2D eigenvalue weighted by atomic mass is 15.1. The molecule has 69 heavy (non-hydrogen) atoms. The van der Waals surface area contributed by atoms with E-state index >= 15 is 0 Å². The van der Waals surface area contributed by atoms with Crippen LogP contribution in [-0.2, 0) is 5.41 Å². The minimum absolute atomic E-state index is 0.388. The Hall–Kier alpha value is -8.98. The van der Waals surface area contributed by atoms with Crippen LogP contribution in [-0.4, -0.2) is 4.57 Å². The number of hydrogen-bond donors (Lipinski definition) is 0. The summed E-state index contributed by atoms with van der Waals surface area (Å²) in [6, 6.07) is 98.3. The largest absolute Gasteiger partial charge is 0.310 e. The molecule has 0 unspecified atom stereocenters. The molecule has 0 fully saturated rings. The van der Waals surface area contributed by atoms with Crippen molar-refractivity contribution in [3.05, 3.63) is 289 Å². The highest BCUT2D eigenvalue weighted by molar-refractivity contribution is 6.14. The summed E-state index contributed by atoms with van der Waals surface area (Å²) in [6.45, 7) is 0. The van der Waals surface area contributed by atoms with Gasteiger partial charge in [-0.1, -0.05) is 218 Å². The van der Waals surface area contributed by atoms with Gasteiger partial charge in [-0.2, -0.15) is 0 Å². The molecule has 0 amide bonds. The molecule has 11 aromatic carbocycles. The lowest BCUT2D eigenvalue weighted by Gasteiger charge is -2.30. The van der Waals surface area contributed by atoms with Crippen molar-refractivity contribution in [2.24, 2.45) is 0 Å². The molecule has 2 nitrogen and oxygen atoms in total. The Morgan fingerprint density at radius 1 is 0.290 bits per heavy atom. The molecule has 0 atom stereocenters. The van der Waals surface area contributed by atoms with Crippen LogP contribution in [0, 0.1) is 0 Å². The Balaban J connectivity index is 0.954. The van der Waals surface area contributed by atoms with Gasteiger partial charge in [0.15, 0.2) is 0 Å². The molecule has 322 valence electrons. The van der Waals surface area contributed by atoms with Gasteiger partial charge in [-0.25, -0.2) is 0 Å². The van der Waals surface area contributed by atoms with Crippen molar-refractivity contribution in [1.82, 2.24) is 4.57 Å². The molecule has 2 heteroatoms. The summed E-state index contributed by atoms with van der Waals surface area (Å²) in [5.74, 6) is 0. The van der Waals surface area contributed by atoms with Gasteiger partial charge in [0.1, 0.15) is 0 Å². The lowest BCUT2D eigenvalue weighted by Crippen LogP contribution is -2.25. The molecule has 0 N–H and O–H groups in total. The van der Waals surface area contributed by atoms with Crippen LogP contribution in [0.15, 0.2) is 267 Å². The fraction of sp³-hybridized carbons (Fsp3) is 0.0149. The second-order valence-electron chi connectivity index (χ2n) is 18.4. The first-order valence-electron chi connectivity index (χ1n) is 23.9. The van der Waals surface area contributed by atoms with Gasteiger partial charge in [-0.15, -0.1) is 0 Å². The standard InChI is InChI=1S/C67H44N2/c1-4-18-45(19-5-1)46-34-38-50(39-35-46)68(49-22-8-3-9-23-49)52-42-43-57-58-29-16-28-54(47-20-6-2-7-21-47)66(58)69(64(57)44-52)51-40-36-48(37-41-51)53-27-17-33-63-65(53)59-26-12-15-32-62(59)67(63)60-30-13-10-24-55(60)56-25-11-14-31-61(56)67/h1-44H. The van der Waals surface area contributed by atoms with Crippen molar-refractivity contribution in [2.45, 2.75) is 5.41 Å². The zero-order valence-corrected chi connectivity index (χ0v) is 37.8. The summed E-state index contributed by atoms with van der Waals surface area (Å²) in [5.41, 5.74) is 24.3. The summed E-state index contributed by atoms with van der Waals surface area (Å²) in [7, 11) is 0. The number of rotatable bonds is 7. The summed E-state index contributed by atoms with van der Waals surface area (Å²) < 4.78 is 2.49. The molecule has 1 aromatic heterocycles. The van der Waals surface area contributed by atoms with Crippen molar-refractivity contribution >= 4 is 38.9 Å². The molecule has 2 aliphatic rings. The van der Waals surface area contributed by atoms with E-state index in [9.17, 15) is 0 Å². The number of para-hydroxylation sites is 2. The Bertz CT molecular complexity index is 3880. The van der Waals surface area contributed by atoms with Crippen LogP contribution >= 0.6 is 0 Å². The summed E-state index contributed by atoms with van der Waals surface area (Å²) in [6.07, 6.45) is 0. The van der Waals surface area contributed by atoms with Gasteiger partial charge in [0.25, 0.3) is 0 Å². The average Bonchev–Trinajstić information content (AvgIpc) is 4.04. The quantitative estimate of drug-likeness (QED) is 0.155. The second kappa shape index (κ2) is 15.6. The third-order valence-corrected chi connectivity index (χ3v) is 14.8. The average molecular weight is 877 g/mol. The predicted molar refractivity (Wildman–Crippen MR) is 288 cm³/mol. The maximum Gasteiger partial charge on any atom is 0.0725 e. The highest BCUT2D eigenvalue weighted by Crippen LogP contribution is 2.64. The van der Waals surface area contributed by atoms with E-state index in [2.05, 4.69) is 276 Å². The van der Waals surface area contributed by atoms with E-state index in [1.807, 2.05) is 0 Å². The fourth-order valence-electron chi connectivity index (χ4n) is 11.9. The molecule has 1 spiro atoms. The maximum atomic E-state index is 2.49. The Morgan fingerprint density at radius 2 is 0.754 bits per heavy atom. The van der Waals surface area contributed by atoms with E-state index in [1.54, 1.807) is 0 Å².